The van der Waals surface area contributed by atoms with Crippen LogP contribution in [0, 0.1) is 11.3 Å². The lowest BCUT2D eigenvalue weighted by Gasteiger charge is -2.06. The second-order valence-corrected chi connectivity index (χ2v) is 3.23. The number of nitriles is 1. The molecule has 86 valence electrons. The minimum Gasteiger partial charge on any atom is -0.345 e. The molecule has 0 spiro atoms. The first-order chi connectivity index (χ1) is 7.93. The number of H-pyrrole nitrogens is 1. The Morgan fingerprint density at radius 3 is 2.65 bits per heavy atom. The second-order valence-electron chi connectivity index (χ2n) is 3.23. The van der Waals surface area contributed by atoms with Gasteiger partial charge in [-0.25, -0.2) is 4.98 Å². The standard InChI is InChI=1S/C10H4F3N3O/c11-10(12,13)7-2-1-6-8(17)5(3-14)4-15-9(6)16-7/h1-2,4H,(H,15,16,17). The van der Waals surface area contributed by atoms with Crippen molar-refractivity contribution in [3.63, 3.8) is 0 Å². The third kappa shape index (κ3) is 1.85. The molecule has 0 atom stereocenters. The molecule has 4 nitrogen and oxygen atoms in total. The molecule has 1 N–H and O–H groups in total. The van der Waals surface area contributed by atoms with Gasteiger partial charge in [-0.15, -0.1) is 0 Å². The minimum atomic E-state index is -4.57. The summed E-state index contributed by atoms with van der Waals surface area (Å²) in [7, 11) is 0. The summed E-state index contributed by atoms with van der Waals surface area (Å²) in [6.07, 6.45) is -3.53. The summed E-state index contributed by atoms with van der Waals surface area (Å²) in [6, 6.07) is 3.35. The fraction of sp³-hybridized carbons (Fsp3) is 0.100. The van der Waals surface area contributed by atoms with Crippen molar-refractivity contribution in [1.82, 2.24) is 9.97 Å². The molecule has 0 amide bonds. The molecule has 0 saturated heterocycles. The maximum Gasteiger partial charge on any atom is 0.433 e. The topological polar surface area (TPSA) is 69.5 Å². The summed E-state index contributed by atoms with van der Waals surface area (Å²) >= 11 is 0. The maximum atomic E-state index is 12.4. The van der Waals surface area contributed by atoms with E-state index in [1.807, 2.05) is 0 Å². The quantitative estimate of drug-likeness (QED) is 0.762. The number of hydrogen-bond donors (Lipinski definition) is 1. The zero-order chi connectivity index (χ0) is 12.6. The number of aromatic amines is 1. The van der Waals surface area contributed by atoms with E-state index in [0.717, 1.165) is 12.3 Å². The fourth-order valence-corrected chi connectivity index (χ4v) is 1.34. The van der Waals surface area contributed by atoms with Gasteiger partial charge in [-0.05, 0) is 12.1 Å². The first-order valence-corrected chi connectivity index (χ1v) is 4.43. The average Bonchev–Trinajstić information content (AvgIpc) is 2.28. The van der Waals surface area contributed by atoms with E-state index in [1.54, 1.807) is 6.07 Å². The number of fused-ring (bicyclic) bond motifs is 1. The summed E-state index contributed by atoms with van der Waals surface area (Å²) < 4.78 is 37.1. The lowest BCUT2D eigenvalue weighted by Crippen LogP contribution is -2.12. The molecule has 0 fully saturated rings. The Labute approximate surface area is 92.3 Å². The molecule has 2 aromatic rings. The summed E-state index contributed by atoms with van der Waals surface area (Å²) in [6.45, 7) is 0. The van der Waals surface area contributed by atoms with Crippen LogP contribution in [0.25, 0.3) is 11.0 Å². The number of halogens is 3. The zero-order valence-corrected chi connectivity index (χ0v) is 8.17. The Morgan fingerprint density at radius 1 is 1.35 bits per heavy atom. The number of pyridine rings is 2. The van der Waals surface area contributed by atoms with Crippen molar-refractivity contribution in [2.75, 3.05) is 0 Å². The second kappa shape index (κ2) is 3.59. The van der Waals surface area contributed by atoms with Gasteiger partial charge in [0.25, 0.3) is 0 Å². The molecule has 2 heterocycles. The van der Waals surface area contributed by atoms with Gasteiger partial charge >= 0.3 is 6.18 Å². The molecular weight excluding hydrogens is 235 g/mol. The van der Waals surface area contributed by atoms with Gasteiger partial charge < -0.3 is 4.98 Å². The van der Waals surface area contributed by atoms with Crippen LogP contribution >= 0.6 is 0 Å². The van der Waals surface area contributed by atoms with Crippen LogP contribution < -0.4 is 5.43 Å². The van der Waals surface area contributed by atoms with Crippen molar-refractivity contribution in [1.29, 1.82) is 5.26 Å². The molecule has 0 radical (unpaired) electrons. The van der Waals surface area contributed by atoms with Crippen molar-refractivity contribution in [2.45, 2.75) is 6.18 Å². The van der Waals surface area contributed by atoms with Crippen molar-refractivity contribution in [3.8, 4) is 6.07 Å². The van der Waals surface area contributed by atoms with Crippen LogP contribution in [0.1, 0.15) is 11.3 Å². The van der Waals surface area contributed by atoms with Crippen LogP contribution in [0.15, 0.2) is 23.1 Å². The molecular formula is C10H4F3N3O. The van der Waals surface area contributed by atoms with E-state index in [9.17, 15) is 18.0 Å². The first-order valence-electron chi connectivity index (χ1n) is 4.43. The molecule has 0 saturated carbocycles. The number of nitrogens with one attached hydrogen (secondary N) is 1. The van der Waals surface area contributed by atoms with Crippen molar-refractivity contribution < 1.29 is 13.2 Å². The van der Waals surface area contributed by atoms with Gasteiger partial charge in [0, 0.05) is 6.20 Å². The SMILES string of the molecule is N#Cc1c[nH]c2nc(C(F)(F)F)ccc2c1=O. The molecule has 2 aromatic heterocycles. The average molecular weight is 239 g/mol. The van der Waals surface area contributed by atoms with E-state index in [4.69, 9.17) is 5.26 Å². The molecule has 0 aliphatic rings. The van der Waals surface area contributed by atoms with Gasteiger partial charge in [-0.2, -0.15) is 18.4 Å². The Balaban J connectivity index is 2.76. The Bertz CT molecular complexity index is 682. The van der Waals surface area contributed by atoms with Crippen molar-refractivity contribution in [2.24, 2.45) is 0 Å². The summed E-state index contributed by atoms with van der Waals surface area (Å²) in [4.78, 5) is 17.2. The summed E-state index contributed by atoms with van der Waals surface area (Å²) in [5, 5.41) is 8.55. The normalized spacial score (nSPS) is 11.4. The smallest absolute Gasteiger partial charge is 0.345 e. The lowest BCUT2D eigenvalue weighted by molar-refractivity contribution is -0.141. The molecule has 2 rings (SSSR count). The van der Waals surface area contributed by atoms with Crippen LogP contribution in [-0.2, 0) is 6.18 Å². The van der Waals surface area contributed by atoms with Gasteiger partial charge in [-0.1, -0.05) is 0 Å². The molecule has 7 heteroatoms. The van der Waals surface area contributed by atoms with Crippen molar-refractivity contribution in [3.05, 3.63) is 39.8 Å². The Kier molecular flexibility index (Phi) is 2.35. The summed E-state index contributed by atoms with van der Waals surface area (Å²) in [5.41, 5.74) is -2.09. The van der Waals surface area contributed by atoms with E-state index >= 15 is 0 Å². The van der Waals surface area contributed by atoms with E-state index in [2.05, 4.69) is 9.97 Å². The highest BCUT2D eigenvalue weighted by atomic mass is 19.4. The molecule has 0 aromatic carbocycles. The molecule has 0 aliphatic heterocycles. The highest BCUT2D eigenvalue weighted by molar-refractivity contribution is 5.75. The lowest BCUT2D eigenvalue weighted by atomic mass is 10.2. The third-order valence-electron chi connectivity index (χ3n) is 2.15. The van der Waals surface area contributed by atoms with Crippen LogP contribution in [-0.4, -0.2) is 9.97 Å². The largest absolute Gasteiger partial charge is 0.433 e. The number of rotatable bonds is 0. The number of nitrogens with zero attached hydrogens (tertiary/aromatic N) is 2. The predicted molar refractivity (Wildman–Crippen MR) is 52.1 cm³/mol. The summed E-state index contributed by atoms with van der Waals surface area (Å²) in [5.74, 6) is 0. The molecule has 17 heavy (non-hydrogen) atoms. The van der Waals surface area contributed by atoms with E-state index in [1.165, 1.54) is 0 Å². The van der Waals surface area contributed by atoms with Gasteiger partial charge in [-0.3, -0.25) is 4.79 Å². The fourth-order valence-electron chi connectivity index (χ4n) is 1.34. The number of hydrogen-bond acceptors (Lipinski definition) is 3. The zero-order valence-electron chi connectivity index (χ0n) is 8.17. The first kappa shape index (κ1) is 11.1. The predicted octanol–water partition coefficient (Wildman–Crippen LogP) is 1.81. The third-order valence-corrected chi connectivity index (χ3v) is 2.15. The Hall–Kier alpha value is -2.36. The highest BCUT2D eigenvalue weighted by Gasteiger charge is 2.32. The molecule has 0 aliphatic carbocycles. The van der Waals surface area contributed by atoms with E-state index in [0.29, 0.717) is 6.07 Å². The van der Waals surface area contributed by atoms with Gasteiger partial charge in [0.1, 0.15) is 23.0 Å². The van der Waals surface area contributed by atoms with E-state index < -0.39 is 17.3 Å². The number of aromatic nitrogens is 2. The number of alkyl halides is 3. The molecule has 0 unspecified atom stereocenters. The maximum absolute atomic E-state index is 12.4. The van der Waals surface area contributed by atoms with Crippen LogP contribution in [0.2, 0.25) is 0 Å². The van der Waals surface area contributed by atoms with Crippen molar-refractivity contribution >= 4 is 11.0 Å². The Morgan fingerprint density at radius 2 is 2.06 bits per heavy atom. The van der Waals surface area contributed by atoms with Crippen LogP contribution in [0.3, 0.4) is 0 Å². The minimum absolute atomic E-state index is 0.0444. The van der Waals surface area contributed by atoms with Gasteiger partial charge in [0.05, 0.1) is 5.39 Å². The van der Waals surface area contributed by atoms with E-state index in [-0.39, 0.29) is 16.6 Å². The molecule has 0 bridgehead atoms. The van der Waals surface area contributed by atoms with Gasteiger partial charge in [0.2, 0.25) is 5.43 Å². The van der Waals surface area contributed by atoms with Crippen LogP contribution in [0.4, 0.5) is 13.2 Å². The van der Waals surface area contributed by atoms with Crippen LogP contribution in [0.5, 0.6) is 0 Å². The monoisotopic (exact) mass is 239 g/mol. The van der Waals surface area contributed by atoms with Gasteiger partial charge in [0.15, 0.2) is 0 Å². The highest BCUT2D eigenvalue weighted by Crippen LogP contribution is 2.28.